The lowest BCUT2D eigenvalue weighted by atomic mass is 10.1. The maximum absolute atomic E-state index is 12.9. The highest BCUT2D eigenvalue weighted by Gasteiger charge is 2.14. The lowest BCUT2D eigenvalue weighted by molar-refractivity contribution is -0.142. The zero-order valence-electron chi connectivity index (χ0n) is 8.64. The third-order valence-corrected chi connectivity index (χ3v) is 1.97. The number of hydrogen-bond donors (Lipinski definition) is 2. The number of halogens is 2. The molecule has 1 unspecified atom stereocenters. The Morgan fingerprint density at radius 1 is 1.62 bits per heavy atom. The lowest BCUT2D eigenvalue weighted by Crippen LogP contribution is -2.33. The second-order valence-corrected chi connectivity index (χ2v) is 3.12. The first kappa shape index (κ1) is 14.7. The van der Waals surface area contributed by atoms with Crippen molar-refractivity contribution >= 4 is 18.4 Å². The molecule has 1 aromatic rings. The van der Waals surface area contributed by atoms with E-state index in [4.69, 9.17) is 10.8 Å². The van der Waals surface area contributed by atoms with Gasteiger partial charge < -0.3 is 15.6 Å². The number of carbonyl (C=O) groups excluding carboxylic acids is 1. The summed E-state index contributed by atoms with van der Waals surface area (Å²) in [7, 11) is 1.24. The third kappa shape index (κ3) is 3.67. The van der Waals surface area contributed by atoms with Gasteiger partial charge in [0.25, 0.3) is 0 Å². The van der Waals surface area contributed by atoms with E-state index in [1.807, 2.05) is 0 Å². The minimum Gasteiger partial charge on any atom is -0.505 e. The van der Waals surface area contributed by atoms with Crippen LogP contribution in [0.15, 0.2) is 18.2 Å². The van der Waals surface area contributed by atoms with Gasteiger partial charge in [-0.15, -0.1) is 12.4 Å². The van der Waals surface area contributed by atoms with Crippen LogP contribution in [0.3, 0.4) is 0 Å². The van der Waals surface area contributed by atoms with Gasteiger partial charge in [-0.2, -0.15) is 0 Å². The summed E-state index contributed by atoms with van der Waals surface area (Å²) < 4.78 is 17.3. The molecule has 0 bridgehead atoms. The van der Waals surface area contributed by atoms with Crippen molar-refractivity contribution in [1.82, 2.24) is 0 Å². The van der Waals surface area contributed by atoms with Crippen LogP contribution >= 0.6 is 12.4 Å². The fraction of sp³-hybridized carbons (Fsp3) is 0.300. The van der Waals surface area contributed by atoms with Crippen molar-refractivity contribution in [3.8, 4) is 5.75 Å². The van der Waals surface area contributed by atoms with Crippen molar-refractivity contribution in [3.05, 3.63) is 29.6 Å². The van der Waals surface area contributed by atoms with E-state index in [-0.39, 0.29) is 18.8 Å². The minimum atomic E-state index is -0.820. The predicted molar refractivity (Wildman–Crippen MR) is 59.0 cm³/mol. The Bertz CT molecular complexity index is 373. The number of methoxy groups -OCH3 is 1. The second kappa shape index (κ2) is 6.30. The number of aromatic hydroxyl groups is 1. The molecule has 1 atom stereocenters. The Morgan fingerprint density at radius 2 is 2.25 bits per heavy atom. The van der Waals surface area contributed by atoms with Gasteiger partial charge in [-0.25, -0.2) is 4.39 Å². The van der Waals surface area contributed by atoms with E-state index in [2.05, 4.69) is 4.74 Å². The van der Waals surface area contributed by atoms with E-state index >= 15 is 0 Å². The van der Waals surface area contributed by atoms with Crippen molar-refractivity contribution in [2.75, 3.05) is 7.11 Å². The molecule has 0 aliphatic heterocycles. The Labute approximate surface area is 98.6 Å². The van der Waals surface area contributed by atoms with Crippen LogP contribution in [-0.2, 0) is 16.0 Å². The van der Waals surface area contributed by atoms with Crippen molar-refractivity contribution in [2.24, 2.45) is 5.73 Å². The van der Waals surface area contributed by atoms with E-state index < -0.39 is 23.6 Å². The number of ether oxygens (including phenoxy) is 1. The van der Waals surface area contributed by atoms with Crippen LogP contribution in [0.1, 0.15) is 5.56 Å². The summed E-state index contributed by atoms with van der Waals surface area (Å²) in [5.74, 6) is -1.71. The summed E-state index contributed by atoms with van der Waals surface area (Å²) >= 11 is 0. The first-order valence-electron chi connectivity index (χ1n) is 4.35. The van der Waals surface area contributed by atoms with E-state index in [9.17, 15) is 9.18 Å². The summed E-state index contributed by atoms with van der Waals surface area (Å²) in [5.41, 5.74) is 6.02. The zero-order chi connectivity index (χ0) is 11.4. The summed E-state index contributed by atoms with van der Waals surface area (Å²) in [4.78, 5) is 11.0. The summed E-state index contributed by atoms with van der Waals surface area (Å²) in [6.07, 6.45) is 0.171. The van der Waals surface area contributed by atoms with Crippen molar-refractivity contribution in [3.63, 3.8) is 0 Å². The van der Waals surface area contributed by atoms with E-state index in [0.29, 0.717) is 5.56 Å². The number of rotatable bonds is 3. The fourth-order valence-corrected chi connectivity index (χ4v) is 1.17. The molecule has 90 valence electrons. The van der Waals surface area contributed by atoms with E-state index in [1.165, 1.54) is 19.2 Å². The molecule has 0 heterocycles. The molecule has 0 aliphatic rings. The smallest absolute Gasteiger partial charge is 0.322 e. The molecule has 4 nitrogen and oxygen atoms in total. The van der Waals surface area contributed by atoms with Crippen molar-refractivity contribution < 1.29 is 19.0 Å². The molecule has 0 radical (unpaired) electrons. The van der Waals surface area contributed by atoms with Gasteiger partial charge in [-0.1, -0.05) is 6.07 Å². The highest BCUT2D eigenvalue weighted by Crippen LogP contribution is 2.16. The molecule has 0 aliphatic carbocycles. The number of benzene rings is 1. The van der Waals surface area contributed by atoms with Gasteiger partial charge in [0.1, 0.15) is 6.04 Å². The van der Waals surface area contributed by atoms with Crippen LogP contribution in [-0.4, -0.2) is 24.2 Å². The minimum absolute atomic E-state index is 0. The molecule has 0 saturated carbocycles. The first-order valence-corrected chi connectivity index (χ1v) is 4.35. The van der Waals surface area contributed by atoms with Crippen LogP contribution in [0.2, 0.25) is 0 Å². The van der Waals surface area contributed by atoms with Gasteiger partial charge in [-0.3, -0.25) is 4.79 Å². The van der Waals surface area contributed by atoms with Crippen LogP contribution in [0.25, 0.3) is 0 Å². The SMILES string of the molecule is COC(=O)C(N)Cc1ccc(O)c(F)c1.Cl. The molecule has 0 aromatic heterocycles. The van der Waals surface area contributed by atoms with Crippen LogP contribution in [0, 0.1) is 5.82 Å². The van der Waals surface area contributed by atoms with Gasteiger partial charge >= 0.3 is 5.97 Å². The summed E-state index contributed by atoms with van der Waals surface area (Å²) in [6.45, 7) is 0. The molecule has 0 saturated heterocycles. The average Bonchev–Trinajstić information content (AvgIpc) is 2.22. The summed E-state index contributed by atoms with van der Waals surface area (Å²) in [5, 5.41) is 8.94. The number of phenolic OH excluding ortho intramolecular Hbond substituents is 1. The van der Waals surface area contributed by atoms with Gasteiger partial charge in [0.2, 0.25) is 0 Å². The predicted octanol–water partition coefficient (Wildman–Crippen LogP) is 0.996. The largest absolute Gasteiger partial charge is 0.505 e. The molecular formula is C10H13ClFNO3. The first-order chi connectivity index (χ1) is 7.04. The third-order valence-electron chi connectivity index (χ3n) is 1.97. The highest BCUT2D eigenvalue weighted by atomic mass is 35.5. The molecule has 0 spiro atoms. The molecular weight excluding hydrogens is 237 g/mol. The number of nitrogens with two attached hydrogens (primary N) is 1. The standard InChI is InChI=1S/C10H12FNO3.ClH/c1-15-10(14)8(12)5-6-2-3-9(13)7(11)4-6;/h2-4,8,13H,5,12H2,1H3;1H. The Morgan fingerprint density at radius 3 is 2.75 bits per heavy atom. The molecule has 6 heteroatoms. The Balaban J connectivity index is 0.00000225. The van der Waals surface area contributed by atoms with E-state index in [1.54, 1.807) is 0 Å². The normalized spacial score (nSPS) is 11.4. The van der Waals surface area contributed by atoms with Crippen LogP contribution < -0.4 is 5.73 Å². The van der Waals surface area contributed by atoms with Gasteiger partial charge in [0, 0.05) is 0 Å². The van der Waals surface area contributed by atoms with Crippen molar-refractivity contribution in [2.45, 2.75) is 12.5 Å². The lowest BCUT2D eigenvalue weighted by Gasteiger charge is -2.09. The molecule has 0 amide bonds. The van der Waals surface area contributed by atoms with Crippen molar-refractivity contribution in [1.29, 1.82) is 0 Å². The van der Waals surface area contributed by atoms with Gasteiger partial charge in [0.05, 0.1) is 7.11 Å². The number of hydrogen-bond acceptors (Lipinski definition) is 4. The molecule has 0 fully saturated rings. The maximum Gasteiger partial charge on any atom is 0.322 e. The monoisotopic (exact) mass is 249 g/mol. The van der Waals surface area contributed by atoms with E-state index in [0.717, 1.165) is 6.07 Å². The maximum atomic E-state index is 12.9. The van der Waals surface area contributed by atoms with Crippen LogP contribution in [0.4, 0.5) is 4.39 Å². The molecule has 16 heavy (non-hydrogen) atoms. The number of carbonyl (C=O) groups is 1. The zero-order valence-corrected chi connectivity index (χ0v) is 9.46. The van der Waals surface area contributed by atoms with Gasteiger partial charge in [0.15, 0.2) is 11.6 Å². The second-order valence-electron chi connectivity index (χ2n) is 3.12. The fourth-order valence-electron chi connectivity index (χ4n) is 1.17. The molecule has 3 N–H and O–H groups in total. The average molecular weight is 250 g/mol. The Hall–Kier alpha value is -1.33. The molecule has 1 aromatic carbocycles. The topological polar surface area (TPSA) is 72.5 Å². The quantitative estimate of drug-likeness (QED) is 0.784. The van der Waals surface area contributed by atoms with Gasteiger partial charge in [-0.05, 0) is 24.1 Å². The number of esters is 1. The Kier molecular flexibility index (Phi) is 5.77. The summed E-state index contributed by atoms with van der Waals surface area (Å²) in [6, 6.07) is 3.03. The highest BCUT2D eigenvalue weighted by molar-refractivity contribution is 5.85. The number of phenols is 1. The van der Waals surface area contributed by atoms with Crippen LogP contribution in [0.5, 0.6) is 5.75 Å². The molecule has 1 rings (SSSR count).